The zero-order valence-electron chi connectivity index (χ0n) is 12.0. The van der Waals surface area contributed by atoms with E-state index in [0.29, 0.717) is 6.61 Å². The molecule has 0 aromatic carbocycles. The summed E-state index contributed by atoms with van der Waals surface area (Å²) in [7, 11) is 0. The maximum atomic E-state index is 9.76. The molecule has 0 radical (unpaired) electrons. The molecule has 3 nitrogen and oxygen atoms in total. The Kier molecular flexibility index (Phi) is 12.3. The molecule has 0 fully saturated rings. The van der Waals surface area contributed by atoms with Gasteiger partial charge < -0.3 is 14.7 Å². The molecule has 0 aromatic rings. The predicted molar refractivity (Wildman–Crippen MR) is 73.4 cm³/mol. The van der Waals surface area contributed by atoms with Gasteiger partial charge in [0.25, 0.3) is 0 Å². The first-order chi connectivity index (χ1) is 8.24. The third kappa shape index (κ3) is 10.7. The Morgan fingerprint density at radius 3 is 2.24 bits per heavy atom. The second-order valence-electron chi connectivity index (χ2n) is 4.63. The van der Waals surface area contributed by atoms with E-state index in [0.717, 1.165) is 32.7 Å². The lowest BCUT2D eigenvalue weighted by Crippen LogP contribution is -2.34. The van der Waals surface area contributed by atoms with Crippen LogP contribution in [0.2, 0.25) is 0 Å². The molecule has 0 amide bonds. The fourth-order valence-corrected chi connectivity index (χ4v) is 1.86. The number of aliphatic hydroxyl groups is 1. The van der Waals surface area contributed by atoms with E-state index in [-0.39, 0.29) is 6.10 Å². The quantitative estimate of drug-likeness (QED) is 0.537. The summed E-state index contributed by atoms with van der Waals surface area (Å²) in [6.45, 7) is 10.4. The summed E-state index contributed by atoms with van der Waals surface area (Å²) in [5.74, 6) is 0. The third-order valence-electron chi connectivity index (χ3n) is 3.07. The molecule has 0 aromatic heterocycles. The normalized spacial score (nSPS) is 13.2. The standard InChI is InChI=1S/C14H31NO2/c1-4-7-8-9-10-11-17-13-14(16)12-15(5-2)6-3/h14,16H,4-13H2,1-3H3. The first kappa shape index (κ1) is 16.9. The number of rotatable bonds is 12. The minimum Gasteiger partial charge on any atom is -0.389 e. The molecule has 0 bridgehead atoms. The van der Waals surface area contributed by atoms with E-state index in [9.17, 15) is 5.11 Å². The van der Waals surface area contributed by atoms with Crippen LogP contribution in [0.1, 0.15) is 52.9 Å². The molecule has 17 heavy (non-hydrogen) atoms. The van der Waals surface area contributed by atoms with Gasteiger partial charge in [-0.2, -0.15) is 0 Å². The van der Waals surface area contributed by atoms with Crippen molar-refractivity contribution in [1.82, 2.24) is 4.90 Å². The number of hydrogen-bond donors (Lipinski definition) is 1. The van der Waals surface area contributed by atoms with Crippen LogP contribution in [0.3, 0.4) is 0 Å². The van der Waals surface area contributed by atoms with Crippen LogP contribution in [0.4, 0.5) is 0 Å². The summed E-state index contributed by atoms with van der Waals surface area (Å²) in [5.41, 5.74) is 0. The van der Waals surface area contributed by atoms with E-state index >= 15 is 0 Å². The van der Waals surface area contributed by atoms with Gasteiger partial charge in [-0.05, 0) is 19.5 Å². The summed E-state index contributed by atoms with van der Waals surface area (Å²) in [4.78, 5) is 2.22. The highest BCUT2D eigenvalue weighted by atomic mass is 16.5. The van der Waals surface area contributed by atoms with Crippen molar-refractivity contribution < 1.29 is 9.84 Å². The molecule has 0 spiro atoms. The highest BCUT2D eigenvalue weighted by Gasteiger charge is 2.08. The Balaban J connectivity index is 3.29. The van der Waals surface area contributed by atoms with Crippen molar-refractivity contribution in [3.63, 3.8) is 0 Å². The largest absolute Gasteiger partial charge is 0.389 e. The van der Waals surface area contributed by atoms with Crippen molar-refractivity contribution in [3.8, 4) is 0 Å². The van der Waals surface area contributed by atoms with Crippen LogP contribution in [0, 0.1) is 0 Å². The van der Waals surface area contributed by atoms with Crippen molar-refractivity contribution in [2.45, 2.75) is 59.0 Å². The number of ether oxygens (including phenoxy) is 1. The molecule has 1 atom stereocenters. The van der Waals surface area contributed by atoms with Gasteiger partial charge in [0, 0.05) is 13.2 Å². The van der Waals surface area contributed by atoms with Crippen LogP contribution in [-0.2, 0) is 4.74 Å². The van der Waals surface area contributed by atoms with Crippen molar-refractivity contribution in [2.24, 2.45) is 0 Å². The lowest BCUT2D eigenvalue weighted by atomic mass is 10.2. The van der Waals surface area contributed by atoms with Gasteiger partial charge in [-0.3, -0.25) is 0 Å². The molecule has 0 aliphatic rings. The fourth-order valence-electron chi connectivity index (χ4n) is 1.86. The number of hydrogen-bond acceptors (Lipinski definition) is 3. The van der Waals surface area contributed by atoms with E-state index in [1.54, 1.807) is 0 Å². The maximum Gasteiger partial charge on any atom is 0.0900 e. The molecule has 0 heterocycles. The first-order valence-electron chi connectivity index (χ1n) is 7.22. The van der Waals surface area contributed by atoms with Gasteiger partial charge in [-0.15, -0.1) is 0 Å². The Hall–Kier alpha value is -0.120. The average Bonchev–Trinajstić information content (AvgIpc) is 2.34. The number of likely N-dealkylation sites (N-methyl/N-ethyl adjacent to an activating group) is 1. The molecule has 0 saturated heterocycles. The second-order valence-corrected chi connectivity index (χ2v) is 4.63. The van der Waals surface area contributed by atoms with Crippen molar-refractivity contribution in [1.29, 1.82) is 0 Å². The van der Waals surface area contributed by atoms with Crippen LogP contribution in [0.15, 0.2) is 0 Å². The van der Waals surface area contributed by atoms with E-state index in [1.165, 1.54) is 25.7 Å². The van der Waals surface area contributed by atoms with E-state index in [2.05, 4.69) is 25.7 Å². The summed E-state index contributed by atoms with van der Waals surface area (Å²) < 4.78 is 5.49. The minimum atomic E-state index is -0.342. The van der Waals surface area contributed by atoms with Crippen LogP contribution in [0.25, 0.3) is 0 Å². The summed E-state index contributed by atoms with van der Waals surface area (Å²) in [6, 6.07) is 0. The molecule has 0 aliphatic carbocycles. The first-order valence-corrected chi connectivity index (χ1v) is 7.22. The zero-order valence-corrected chi connectivity index (χ0v) is 12.0. The van der Waals surface area contributed by atoms with Crippen LogP contribution < -0.4 is 0 Å². The SMILES string of the molecule is CCCCCCCOCC(O)CN(CC)CC. The minimum absolute atomic E-state index is 0.342. The third-order valence-corrected chi connectivity index (χ3v) is 3.07. The Morgan fingerprint density at radius 2 is 1.65 bits per heavy atom. The van der Waals surface area contributed by atoms with Gasteiger partial charge in [0.2, 0.25) is 0 Å². The Bertz CT molecular complexity index is 149. The number of aliphatic hydroxyl groups excluding tert-OH is 1. The highest BCUT2D eigenvalue weighted by Crippen LogP contribution is 2.02. The molecule has 1 N–H and O–H groups in total. The van der Waals surface area contributed by atoms with Gasteiger partial charge >= 0.3 is 0 Å². The fraction of sp³-hybridized carbons (Fsp3) is 1.00. The maximum absolute atomic E-state index is 9.76. The molecular formula is C14H31NO2. The monoisotopic (exact) mass is 245 g/mol. The summed E-state index contributed by atoms with van der Waals surface area (Å²) in [5, 5.41) is 9.76. The summed E-state index contributed by atoms with van der Waals surface area (Å²) in [6.07, 6.45) is 5.94. The predicted octanol–water partition coefficient (Wildman–Crippen LogP) is 2.68. The summed E-state index contributed by atoms with van der Waals surface area (Å²) >= 11 is 0. The smallest absolute Gasteiger partial charge is 0.0900 e. The van der Waals surface area contributed by atoms with E-state index in [4.69, 9.17) is 4.74 Å². The molecule has 104 valence electrons. The molecule has 0 saturated carbocycles. The van der Waals surface area contributed by atoms with Gasteiger partial charge in [0.15, 0.2) is 0 Å². The zero-order chi connectivity index (χ0) is 12.9. The average molecular weight is 245 g/mol. The molecule has 0 aliphatic heterocycles. The topological polar surface area (TPSA) is 32.7 Å². The van der Waals surface area contributed by atoms with E-state index in [1.807, 2.05) is 0 Å². The second kappa shape index (κ2) is 12.3. The van der Waals surface area contributed by atoms with Crippen molar-refractivity contribution >= 4 is 0 Å². The lowest BCUT2D eigenvalue weighted by molar-refractivity contribution is 0.0171. The molecule has 3 heteroatoms. The number of nitrogens with zero attached hydrogens (tertiary/aromatic N) is 1. The number of unbranched alkanes of at least 4 members (excludes halogenated alkanes) is 4. The van der Waals surface area contributed by atoms with Gasteiger partial charge in [-0.1, -0.05) is 46.5 Å². The molecular weight excluding hydrogens is 214 g/mol. The Morgan fingerprint density at radius 1 is 1.00 bits per heavy atom. The van der Waals surface area contributed by atoms with E-state index < -0.39 is 0 Å². The molecule has 1 unspecified atom stereocenters. The van der Waals surface area contributed by atoms with Crippen molar-refractivity contribution in [3.05, 3.63) is 0 Å². The molecule has 0 rings (SSSR count). The van der Waals surface area contributed by atoms with Crippen molar-refractivity contribution in [2.75, 3.05) is 32.8 Å². The van der Waals surface area contributed by atoms with Gasteiger partial charge in [0.1, 0.15) is 0 Å². The lowest BCUT2D eigenvalue weighted by Gasteiger charge is -2.21. The van der Waals surface area contributed by atoms with Gasteiger partial charge in [0.05, 0.1) is 12.7 Å². The van der Waals surface area contributed by atoms with Crippen LogP contribution >= 0.6 is 0 Å². The van der Waals surface area contributed by atoms with Gasteiger partial charge in [-0.25, -0.2) is 0 Å². The Labute approximate surface area is 107 Å². The van der Waals surface area contributed by atoms with Crippen LogP contribution in [-0.4, -0.2) is 49.0 Å². The van der Waals surface area contributed by atoms with Crippen LogP contribution in [0.5, 0.6) is 0 Å². The highest BCUT2D eigenvalue weighted by molar-refractivity contribution is 4.61.